The molecule has 0 atom stereocenters. The Balaban J connectivity index is 2.69. The summed E-state index contributed by atoms with van der Waals surface area (Å²) in [6.07, 6.45) is 5.86. The Hall–Kier alpha value is -0.620. The maximum Gasteiger partial charge on any atom is 0.0850 e. The first-order chi connectivity index (χ1) is 8.26. The Labute approximate surface area is 111 Å². The van der Waals surface area contributed by atoms with Crippen molar-refractivity contribution < 1.29 is 8.37 Å². The van der Waals surface area contributed by atoms with Crippen LogP contribution in [0.2, 0.25) is 0 Å². The molecule has 0 aliphatic heterocycles. The highest BCUT2D eigenvalue weighted by molar-refractivity contribution is 7.94. The molecule has 0 aromatic heterocycles. The molecular formula is C12H17NO2S2. The maximum absolute atomic E-state index is 5.64. The maximum atomic E-state index is 5.64. The first kappa shape index (κ1) is 14.4. The molecule has 1 aromatic rings. The summed E-state index contributed by atoms with van der Waals surface area (Å²) < 4.78 is 10.6. The molecular weight excluding hydrogens is 254 g/mol. The van der Waals surface area contributed by atoms with Gasteiger partial charge in [0, 0.05) is 18.2 Å². The molecule has 94 valence electrons. The Bertz CT molecular complexity index is 342. The van der Waals surface area contributed by atoms with Crippen LogP contribution in [0.1, 0.15) is 5.56 Å². The summed E-state index contributed by atoms with van der Waals surface area (Å²) in [4.78, 5) is 0. The van der Waals surface area contributed by atoms with Gasteiger partial charge in [-0.25, -0.2) is 0 Å². The van der Waals surface area contributed by atoms with Crippen molar-refractivity contribution >= 4 is 35.8 Å². The molecule has 3 nitrogen and oxygen atoms in total. The summed E-state index contributed by atoms with van der Waals surface area (Å²) in [6.45, 7) is 1.12. The van der Waals surface area contributed by atoms with Crippen molar-refractivity contribution in [1.82, 2.24) is 0 Å². The zero-order valence-electron chi connectivity index (χ0n) is 10.0. The third-order valence-corrected chi connectivity index (χ3v) is 2.74. The summed E-state index contributed by atoms with van der Waals surface area (Å²) in [5.74, 6) is 0. The van der Waals surface area contributed by atoms with E-state index in [1.54, 1.807) is 0 Å². The first-order valence-corrected chi connectivity index (χ1v) is 7.42. The van der Waals surface area contributed by atoms with Gasteiger partial charge in [0.25, 0.3) is 0 Å². The van der Waals surface area contributed by atoms with E-state index in [1.807, 2.05) is 36.8 Å². The van der Waals surface area contributed by atoms with Gasteiger partial charge in [0.2, 0.25) is 0 Å². The molecule has 1 rings (SSSR count). The minimum atomic E-state index is 0.562. The Morgan fingerprint density at radius 2 is 1.65 bits per heavy atom. The van der Waals surface area contributed by atoms with E-state index in [0.29, 0.717) is 13.2 Å². The molecule has 0 radical (unpaired) electrons. The van der Waals surface area contributed by atoms with Crippen molar-refractivity contribution in [3.8, 4) is 0 Å². The van der Waals surface area contributed by atoms with Gasteiger partial charge in [-0.2, -0.15) is 0 Å². The van der Waals surface area contributed by atoms with Crippen LogP contribution in [-0.2, 0) is 8.37 Å². The highest BCUT2D eigenvalue weighted by atomic mass is 32.2. The number of benzene rings is 1. The van der Waals surface area contributed by atoms with Crippen molar-refractivity contribution in [3.63, 3.8) is 0 Å². The van der Waals surface area contributed by atoms with E-state index in [0.717, 1.165) is 16.8 Å². The highest BCUT2D eigenvalue weighted by Crippen LogP contribution is 2.13. The number of nitrogens with two attached hydrogens (primary N) is 1. The van der Waals surface area contributed by atoms with E-state index in [-0.39, 0.29) is 0 Å². The van der Waals surface area contributed by atoms with Gasteiger partial charge in [-0.1, -0.05) is 18.2 Å². The van der Waals surface area contributed by atoms with E-state index < -0.39 is 0 Å². The van der Waals surface area contributed by atoms with Gasteiger partial charge in [0.05, 0.1) is 13.2 Å². The van der Waals surface area contributed by atoms with Gasteiger partial charge in [-0.05, 0) is 47.4 Å². The molecule has 0 aliphatic rings. The van der Waals surface area contributed by atoms with Crippen molar-refractivity contribution in [3.05, 3.63) is 35.4 Å². The van der Waals surface area contributed by atoms with Crippen LogP contribution in [0.15, 0.2) is 29.8 Å². The number of hydrogen-bond acceptors (Lipinski definition) is 5. The van der Waals surface area contributed by atoms with Gasteiger partial charge in [0.1, 0.15) is 0 Å². The van der Waals surface area contributed by atoms with Gasteiger partial charge in [-0.3, -0.25) is 0 Å². The molecule has 17 heavy (non-hydrogen) atoms. The van der Waals surface area contributed by atoms with Crippen LogP contribution >= 0.6 is 24.1 Å². The molecule has 0 unspecified atom stereocenters. The molecule has 0 aliphatic carbocycles. The Morgan fingerprint density at radius 3 is 2.12 bits per heavy atom. The van der Waals surface area contributed by atoms with Crippen LogP contribution < -0.4 is 5.73 Å². The van der Waals surface area contributed by atoms with Gasteiger partial charge < -0.3 is 14.1 Å². The Kier molecular flexibility index (Phi) is 7.19. The fourth-order valence-electron chi connectivity index (χ4n) is 1.22. The minimum absolute atomic E-state index is 0.562. The van der Waals surface area contributed by atoms with Crippen LogP contribution in [0, 0.1) is 0 Å². The normalized spacial score (nSPS) is 10.2. The zero-order valence-corrected chi connectivity index (χ0v) is 11.6. The number of rotatable bonds is 7. The van der Waals surface area contributed by atoms with E-state index >= 15 is 0 Å². The minimum Gasteiger partial charge on any atom is -0.399 e. The lowest BCUT2D eigenvalue weighted by Crippen LogP contribution is -1.99. The smallest absolute Gasteiger partial charge is 0.0850 e. The summed E-state index contributed by atoms with van der Waals surface area (Å²) in [7, 11) is 0. The molecule has 0 spiro atoms. The number of anilines is 1. The summed E-state index contributed by atoms with van der Waals surface area (Å²) in [5, 5.41) is 0. The van der Waals surface area contributed by atoms with Crippen LogP contribution in [0.3, 0.4) is 0 Å². The van der Waals surface area contributed by atoms with Gasteiger partial charge >= 0.3 is 0 Å². The van der Waals surface area contributed by atoms with Gasteiger partial charge in [-0.15, -0.1) is 0 Å². The summed E-state index contributed by atoms with van der Waals surface area (Å²) in [6, 6.07) is 7.73. The highest BCUT2D eigenvalue weighted by Gasteiger charge is 1.99. The number of nitrogen functional groups attached to an aromatic ring is 1. The average Bonchev–Trinajstić information content (AvgIpc) is 2.35. The van der Waals surface area contributed by atoms with E-state index in [2.05, 4.69) is 6.08 Å². The van der Waals surface area contributed by atoms with Crippen LogP contribution in [0.4, 0.5) is 5.69 Å². The average molecular weight is 271 g/mol. The Morgan fingerprint density at radius 1 is 1.12 bits per heavy atom. The quantitative estimate of drug-likeness (QED) is 0.609. The molecule has 0 heterocycles. The monoisotopic (exact) mass is 271 g/mol. The van der Waals surface area contributed by atoms with Crippen LogP contribution in [0.5, 0.6) is 0 Å². The predicted octanol–water partition coefficient (Wildman–Crippen LogP) is 3.24. The van der Waals surface area contributed by atoms with Crippen molar-refractivity contribution in [2.75, 3.05) is 31.5 Å². The third-order valence-electron chi connectivity index (χ3n) is 2.03. The van der Waals surface area contributed by atoms with Crippen molar-refractivity contribution in [2.24, 2.45) is 0 Å². The second-order valence-electron chi connectivity index (χ2n) is 3.33. The molecule has 0 amide bonds. The molecule has 0 saturated carbocycles. The molecule has 5 heteroatoms. The van der Waals surface area contributed by atoms with Crippen LogP contribution in [-0.4, -0.2) is 25.7 Å². The van der Waals surface area contributed by atoms with Crippen molar-refractivity contribution in [2.45, 2.75) is 0 Å². The molecule has 0 fully saturated rings. The van der Waals surface area contributed by atoms with Crippen molar-refractivity contribution in [1.29, 1.82) is 0 Å². The molecule has 0 saturated heterocycles. The first-order valence-electron chi connectivity index (χ1n) is 5.12. The standard InChI is InChI=1S/C12H17NO2S2/c1-16-14-8-11(9-15-17-2)7-10-3-5-12(13)6-4-10/h3-7H,8-9,13H2,1-2H3. The van der Waals surface area contributed by atoms with E-state index in [1.165, 1.54) is 24.1 Å². The number of hydrogen-bond donors (Lipinski definition) is 1. The lowest BCUT2D eigenvalue weighted by Gasteiger charge is -2.06. The fourth-order valence-corrected chi connectivity index (χ4v) is 1.76. The third kappa shape index (κ3) is 6.02. The predicted molar refractivity (Wildman–Crippen MR) is 77.8 cm³/mol. The lowest BCUT2D eigenvalue weighted by atomic mass is 10.1. The molecule has 0 bridgehead atoms. The van der Waals surface area contributed by atoms with Crippen LogP contribution in [0.25, 0.3) is 6.08 Å². The van der Waals surface area contributed by atoms with E-state index in [4.69, 9.17) is 14.1 Å². The zero-order chi connectivity index (χ0) is 12.5. The second kappa shape index (κ2) is 8.47. The molecule has 1 aromatic carbocycles. The largest absolute Gasteiger partial charge is 0.399 e. The summed E-state index contributed by atoms with van der Waals surface area (Å²) in [5.41, 5.74) is 8.61. The fraction of sp³-hybridized carbons (Fsp3) is 0.333. The SMILES string of the molecule is CSOCC(=Cc1ccc(N)cc1)COSC. The van der Waals surface area contributed by atoms with E-state index in [9.17, 15) is 0 Å². The van der Waals surface area contributed by atoms with Gasteiger partial charge in [0.15, 0.2) is 0 Å². The molecule has 2 N–H and O–H groups in total. The summed E-state index contributed by atoms with van der Waals surface area (Å²) >= 11 is 2.71. The lowest BCUT2D eigenvalue weighted by molar-refractivity contribution is 0.361. The second-order valence-corrected chi connectivity index (χ2v) is 4.47. The topological polar surface area (TPSA) is 44.5 Å².